The molecule has 2 heterocycles. The molecule has 1 amide bonds. The fraction of sp³-hybridized carbons (Fsp3) is 0.421. The number of carbonyl (C=O) groups is 2. The van der Waals surface area contributed by atoms with E-state index in [9.17, 15) is 18.0 Å². The van der Waals surface area contributed by atoms with Crippen LogP contribution >= 0.6 is 0 Å². The van der Waals surface area contributed by atoms with Gasteiger partial charge in [0, 0.05) is 30.3 Å². The Balaban J connectivity index is 1.62. The van der Waals surface area contributed by atoms with Gasteiger partial charge in [-0.1, -0.05) is 5.16 Å². The number of sulfonamides is 1. The Morgan fingerprint density at radius 1 is 1.14 bits per heavy atom. The van der Waals surface area contributed by atoms with Crippen molar-refractivity contribution in [2.24, 2.45) is 5.92 Å². The highest BCUT2D eigenvalue weighted by Gasteiger charge is 2.35. The lowest BCUT2D eigenvalue weighted by molar-refractivity contribution is -0.120. The van der Waals surface area contributed by atoms with E-state index in [0.29, 0.717) is 29.8 Å². The first-order valence-electron chi connectivity index (χ1n) is 9.05. The van der Waals surface area contributed by atoms with Crippen molar-refractivity contribution in [1.29, 1.82) is 0 Å². The molecule has 0 saturated carbocycles. The van der Waals surface area contributed by atoms with Gasteiger partial charge in [-0.25, -0.2) is 8.42 Å². The zero-order chi connectivity index (χ0) is 20.5. The Kier molecular flexibility index (Phi) is 5.66. The molecule has 2 aromatic rings. The largest absolute Gasteiger partial charge is 0.360 e. The van der Waals surface area contributed by atoms with Crippen LogP contribution in [0.4, 0.5) is 5.69 Å². The average molecular weight is 405 g/mol. The minimum Gasteiger partial charge on any atom is -0.360 e. The minimum absolute atomic E-state index is 0.0373. The number of Topliss-reactive ketones (excluding diaryl/α,β-unsaturated/α-hetero) is 1. The van der Waals surface area contributed by atoms with E-state index in [1.807, 2.05) is 0 Å². The summed E-state index contributed by atoms with van der Waals surface area (Å²) >= 11 is 0. The van der Waals surface area contributed by atoms with E-state index in [1.165, 1.54) is 11.2 Å². The molecule has 0 atom stereocenters. The summed E-state index contributed by atoms with van der Waals surface area (Å²) in [5.74, 6) is -0.190. The van der Waals surface area contributed by atoms with Gasteiger partial charge in [0.15, 0.2) is 11.5 Å². The molecule has 150 valence electrons. The molecule has 28 heavy (non-hydrogen) atoms. The summed E-state index contributed by atoms with van der Waals surface area (Å²) in [5, 5.41) is 6.55. The van der Waals surface area contributed by atoms with Crippen molar-refractivity contribution in [3.63, 3.8) is 0 Å². The van der Waals surface area contributed by atoms with Gasteiger partial charge in [0.05, 0.1) is 0 Å². The maximum Gasteiger partial charge on any atom is 0.248 e. The van der Waals surface area contributed by atoms with E-state index in [1.54, 1.807) is 38.1 Å². The molecule has 8 nitrogen and oxygen atoms in total. The molecular formula is C19H23N3O5S. The van der Waals surface area contributed by atoms with Gasteiger partial charge in [0.1, 0.15) is 10.6 Å². The third-order valence-electron chi connectivity index (χ3n) is 4.95. The van der Waals surface area contributed by atoms with Crippen LogP contribution in [0.1, 0.15) is 41.6 Å². The molecule has 1 fully saturated rings. The van der Waals surface area contributed by atoms with Crippen LogP contribution in [-0.4, -0.2) is 42.7 Å². The van der Waals surface area contributed by atoms with Gasteiger partial charge in [0.25, 0.3) is 0 Å². The van der Waals surface area contributed by atoms with E-state index in [0.717, 1.165) is 0 Å². The Morgan fingerprint density at radius 2 is 1.75 bits per heavy atom. The summed E-state index contributed by atoms with van der Waals surface area (Å²) in [7, 11) is -3.69. The standard InChI is InChI=1S/C19H23N3O5S/c1-12-18(14(3)27-21-12)28(25,26)22-10-8-16(9-11-22)19(24)20-17-6-4-15(5-7-17)13(2)23/h4-7,16H,8-11H2,1-3H3,(H,20,24). The van der Waals surface area contributed by atoms with E-state index in [4.69, 9.17) is 4.52 Å². The molecule has 0 spiro atoms. The molecule has 1 N–H and O–H groups in total. The van der Waals surface area contributed by atoms with Crippen LogP contribution in [0.2, 0.25) is 0 Å². The second kappa shape index (κ2) is 7.84. The number of hydrogen-bond donors (Lipinski definition) is 1. The third kappa shape index (κ3) is 4.00. The number of carbonyl (C=O) groups excluding carboxylic acids is 2. The number of benzene rings is 1. The second-order valence-corrected chi connectivity index (χ2v) is 8.83. The van der Waals surface area contributed by atoms with Gasteiger partial charge in [-0.2, -0.15) is 4.31 Å². The molecule has 0 radical (unpaired) electrons. The van der Waals surface area contributed by atoms with E-state index >= 15 is 0 Å². The number of ketones is 1. The molecule has 1 aliphatic rings. The normalized spacial score (nSPS) is 16.1. The lowest BCUT2D eigenvalue weighted by Gasteiger charge is -2.30. The zero-order valence-electron chi connectivity index (χ0n) is 16.1. The highest BCUT2D eigenvalue weighted by molar-refractivity contribution is 7.89. The van der Waals surface area contributed by atoms with E-state index in [-0.39, 0.29) is 41.4 Å². The number of amides is 1. The average Bonchev–Trinajstić information content (AvgIpc) is 3.01. The fourth-order valence-electron chi connectivity index (χ4n) is 3.36. The maximum absolute atomic E-state index is 12.8. The maximum atomic E-state index is 12.8. The van der Waals surface area contributed by atoms with Crippen molar-refractivity contribution in [2.45, 2.75) is 38.5 Å². The zero-order valence-corrected chi connectivity index (χ0v) is 16.9. The number of aromatic nitrogens is 1. The number of piperidine rings is 1. The van der Waals surface area contributed by atoms with Gasteiger partial charge >= 0.3 is 0 Å². The second-order valence-electron chi connectivity index (χ2n) is 6.95. The summed E-state index contributed by atoms with van der Waals surface area (Å²) < 4.78 is 32.0. The molecule has 0 aliphatic carbocycles. The first kappa shape index (κ1) is 20.2. The van der Waals surface area contributed by atoms with Crippen molar-refractivity contribution >= 4 is 27.4 Å². The van der Waals surface area contributed by atoms with Gasteiger partial charge in [-0.15, -0.1) is 0 Å². The number of nitrogens with one attached hydrogen (secondary N) is 1. The lowest BCUT2D eigenvalue weighted by Crippen LogP contribution is -2.41. The highest BCUT2D eigenvalue weighted by Crippen LogP contribution is 2.28. The highest BCUT2D eigenvalue weighted by atomic mass is 32.2. The Hall–Kier alpha value is -2.52. The fourth-order valence-corrected chi connectivity index (χ4v) is 5.12. The molecular weight excluding hydrogens is 382 g/mol. The number of hydrogen-bond acceptors (Lipinski definition) is 6. The van der Waals surface area contributed by atoms with Crippen molar-refractivity contribution in [2.75, 3.05) is 18.4 Å². The topological polar surface area (TPSA) is 110 Å². The SMILES string of the molecule is CC(=O)c1ccc(NC(=O)C2CCN(S(=O)(=O)c3c(C)noc3C)CC2)cc1. The first-order valence-corrected chi connectivity index (χ1v) is 10.5. The first-order chi connectivity index (χ1) is 13.2. The summed E-state index contributed by atoms with van der Waals surface area (Å²) in [5.41, 5.74) is 1.53. The van der Waals surface area contributed by atoms with E-state index in [2.05, 4.69) is 10.5 Å². The van der Waals surface area contributed by atoms with Crippen molar-refractivity contribution < 1.29 is 22.5 Å². The monoisotopic (exact) mass is 405 g/mol. The minimum atomic E-state index is -3.69. The number of nitrogens with zero attached hydrogens (tertiary/aromatic N) is 2. The Bertz CT molecular complexity index is 968. The molecule has 9 heteroatoms. The van der Waals surface area contributed by atoms with Crippen LogP contribution in [0.25, 0.3) is 0 Å². The van der Waals surface area contributed by atoms with Gasteiger partial charge < -0.3 is 9.84 Å². The molecule has 1 aromatic heterocycles. The predicted molar refractivity (Wildman–Crippen MR) is 103 cm³/mol. The number of anilines is 1. The summed E-state index contributed by atoms with van der Waals surface area (Å²) in [4.78, 5) is 23.9. The molecule has 1 saturated heterocycles. The van der Waals surface area contributed by atoms with Crippen LogP contribution in [0.3, 0.4) is 0 Å². The Morgan fingerprint density at radius 3 is 2.25 bits per heavy atom. The summed E-state index contributed by atoms with van der Waals surface area (Å²) in [6.45, 7) is 5.17. The van der Waals surface area contributed by atoms with Crippen LogP contribution in [-0.2, 0) is 14.8 Å². The van der Waals surface area contributed by atoms with Crippen LogP contribution in [0, 0.1) is 19.8 Å². The van der Waals surface area contributed by atoms with Crippen LogP contribution in [0.5, 0.6) is 0 Å². The Labute approximate surface area is 163 Å². The van der Waals surface area contributed by atoms with E-state index < -0.39 is 10.0 Å². The molecule has 1 aromatic carbocycles. The number of aryl methyl sites for hydroxylation is 2. The van der Waals surface area contributed by atoms with Crippen molar-refractivity contribution in [1.82, 2.24) is 9.46 Å². The molecule has 0 unspecified atom stereocenters. The number of rotatable bonds is 5. The van der Waals surface area contributed by atoms with Gasteiger partial charge in [-0.05, 0) is 57.9 Å². The van der Waals surface area contributed by atoms with Crippen molar-refractivity contribution in [3.05, 3.63) is 41.3 Å². The van der Waals surface area contributed by atoms with Gasteiger partial charge in [0.2, 0.25) is 15.9 Å². The summed E-state index contributed by atoms with van der Waals surface area (Å²) in [6.07, 6.45) is 0.861. The molecule has 3 rings (SSSR count). The quantitative estimate of drug-likeness (QED) is 0.766. The predicted octanol–water partition coefficient (Wildman–Crippen LogP) is 2.53. The molecule has 1 aliphatic heterocycles. The lowest BCUT2D eigenvalue weighted by atomic mass is 9.97. The molecule has 0 bridgehead atoms. The third-order valence-corrected chi connectivity index (χ3v) is 7.09. The van der Waals surface area contributed by atoms with Crippen LogP contribution in [0.15, 0.2) is 33.7 Å². The van der Waals surface area contributed by atoms with Crippen molar-refractivity contribution in [3.8, 4) is 0 Å². The van der Waals surface area contributed by atoms with Crippen LogP contribution < -0.4 is 5.32 Å². The van der Waals surface area contributed by atoms with Gasteiger partial charge in [-0.3, -0.25) is 9.59 Å². The smallest absolute Gasteiger partial charge is 0.248 e. The summed E-state index contributed by atoms with van der Waals surface area (Å²) in [6, 6.07) is 6.70.